The lowest BCUT2D eigenvalue weighted by Crippen LogP contribution is -2.37. The minimum atomic E-state index is -1.06. The van der Waals surface area contributed by atoms with E-state index in [1.54, 1.807) is 0 Å². The summed E-state index contributed by atoms with van der Waals surface area (Å²) in [6.45, 7) is 1.24. The highest BCUT2D eigenvalue weighted by molar-refractivity contribution is 9.10. The Labute approximate surface area is 126 Å². The third kappa shape index (κ3) is 5.28. The van der Waals surface area contributed by atoms with Gasteiger partial charge in [-0.25, -0.2) is 0 Å². The zero-order chi connectivity index (χ0) is 15.3. The summed E-state index contributed by atoms with van der Waals surface area (Å²) in [6.07, 6.45) is 8.78. The second-order valence-corrected chi connectivity index (χ2v) is 6.47. The molecule has 3 N–H and O–H groups in total. The van der Waals surface area contributed by atoms with Gasteiger partial charge >= 0.3 is 5.97 Å². The van der Waals surface area contributed by atoms with Crippen molar-refractivity contribution in [2.75, 3.05) is 0 Å². The predicted octanol–water partition coefficient (Wildman–Crippen LogP) is 1.95. The van der Waals surface area contributed by atoms with Crippen LogP contribution in [0.1, 0.15) is 32.6 Å². The second kappa shape index (κ2) is 6.83. The molecule has 110 valence electrons. The molecule has 0 radical (unpaired) electrons. The van der Waals surface area contributed by atoms with Crippen LogP contribution >= 0.6 is 15.9 Å². The average Bonchev–Trinajstić information content (AvgIpc) is 3.11. The van der Waals surface area contributed by atoms with Gasteiger partial charge < -0.3 is 10.8 Å². The zero-order valence-electron chi connectivity index (χ0n) is 11.3. The van der Waals surface area contributed by atoms with E-state index >= 15 is 0 Å². The molecule has 0 aromatic heterocycles. The summed E-state index contributed by atoms with van der Waals surface area (Å²) in [6, 6.07) is 0. The molecular formula is C14H18BrNO4. The van der Waals surface area contributed by atoms with Gasteiger partial charge in [-0.2, -0.15) is 0 Å². The van der Waals surface area contributed by atoms with Gasteiger partial charge in [-0.1, -0.05) is 39.7 Å². The summed E-state index contributed by atoms with van der Waals surface area (Å²) in [7, 11) is 0. The highest BCUT2D eigenvalue weighted by atomic mass is 79.9. The number of allylic oxidation sites excluding steroid dienone is 3. The molecule has 1 saturated carbocycles. The van der Waals surface area contributed by atoms with Gasteiger partial charge in [0.1, 0.15) is 16.5 Å². The molecule has 0 aromatic rings. The van der Waals surface area contributed by atoms with Crippen molar-refractivity contribution in [3.05, 3.63) is 23.8 Å². The SMILES string of the molecule is CC(=O)CC(=O)O.NC(=O)C1(Br)C=CC=C(C2CC2)C1. The van der Waals surface area contributed by atoms with E-state index in [0.29, 0.717) is 5.92 Å². The molecule has 1 unspecified atom stereocenters. The van der Waals surface area contributed by atoms with Gasteiger partial charge in [0.25, 0.3) is 0 Å². The lowest BCUT2D eigenvalue weighted by Gasteiger charge is -2.24. The average molecular weight is 344 g/mol. The highest BCUT2D eigenvalue weighted by Crippen LogP contribution is 2.43. The van der Waals surface area contributed by atoms with Crippen LogP contribution in [-0.2, 0) is 14.4 Å². The summed E-state index contributed by atoms with van der Waals surface area (Å²) in [5, 5.41) is 7.86. The van der Waals surface area contributed by atoms with Crippen LogP contribution in [0.5, 0.6) is 0 Å². The Morgan fingerprint density at radius 1 is 1.45 bits per heavy atom. The minimum Gasteiger partial charge on any atom is -0.481 e. The molecule has 1 amide bonds. The number of carbonyl (C=O) groups is 3. The van der Waals surface area contributed by atoms with Gasteiger partial charge in [0.2, 0.25) is 5.91 Å². The topological polar surface area (TPSA) is 97.5 Å². The fraction of sp³-hybridized carbons (Fsp3) is 0.500. The molecule has 20 heavy (non-hydrogen) atoms. The lowest BCUT2D eigenvalue weighted by atomic mass is 9.91. The Morgan fingerprint density at radius 3 is 2.40 bits per heavy atom. The van der Waals surface area contributed by atoms with E-state index < -0.39 is 10.3 Å². The number of aliphatic carboxylic acids is 1. The Kier molecular flexibility index (Phi) is 5.68. The number of hydrogen-bond acceptors (Lipinski definition) is 3. The van der Waals surface area contributed by atoms with Crippen molar-refractivity contribution in [3.8, 4) is 0 Å². The number of primary amides is 1. The number of halogens is 1. The number of carbonyl (C=O) groups excluding carboxylic acids is 2. The first-order valence-corrected chi connectivity index (χ1v) is 7.12. The molecular weight excluding hydrogens is 326 g/mol. The molecule has 1 atom stereocenters. The second-order valence-electron chi connectivity index (χ2n) is 5.05. The molecule has 0 saturated heterocycles. The largest absolute Gasteiger partial charge is 0.481 e. The van der Waals surface area contributed by atoms with Gasteiger partial charge in [0, 0.05) is 0 Å². The molecule has 2 rings (SSSR count). The maximum atomic E-state index is 11.2. The molecule has 1 fully saturated rings. The Morgan fingerprint density at radius 2 is 2.05 bits per heavy atom. The lowest BCUT2D eigenvalue weighted by molar-refractivity contribution is -0.139. The van der Waals surface area contributed by atoms with Gasteiger partial charge in [0.05, 0.1) is 0 Å². The Balaban J connectivity index is 0.000000246. The molecule has 0 aliphatic heterocycles. The van der Waals surface area contributed by atoms with E-state index in [0.717, 1.165) is 6.42 Å². The quantitative estimate of drug-likeness (QED) is 0.602. The van der Waals surface area contributed by atoms with Crippen LogP contribution in [0.2, 0.25) is 0 Å². The smallest absolute Gasteiger partial charge is 0.310 e. The number of carboxylic acid groups (broad SMARTS) is 1. The van der Waals surface area contributed by atoms with E-state index in [9.17, 15) is 14.4 Å². The first-order valence-electron chi connectivity index (χ1n) is 6.33. The highest BCUT2D eigenvalue weighted by Gasteiger charge is 2.37. The minimum absolute atomic E-state index is 0.296. The van der Waals surface area contributed by atoms with Crippen LogP contribution in [0.15, 0.2) is 23.8 Å². The van der Waals surface area contributed by atoms with Crippen LogP contribution in [-0.4, -0.2) is 27.1 Å². The first-order chi connectivity index (χ1) is 9.24. The standard InChI is InChI=1S/C10H12BrNO.C4H6O3/c11-10(9(12)13)5-1-2-8(6-10)7-3-4-7;1-3(5)2-4(6)7/h1-2,5,7H,3-4,6H2,(H2,12,13);2H2,1H3,(H,6,7). The van der Waals surface area contributed by atoms with Crippen LogP contribution in [0.25, 0.3) is 0 Å². The predicted molar refractivity (Wildman–Crippen MR) is 78.4 cm³/mol. The number of carboxylic acids is 1. The third-order valence-electron chi connectivity index (χ3n) is 3.04. The van der Waals surface area contributed by atoms with Crippen LogP contribution in [0.4, 0.5) is 0 Å². The molecule has 6 heteroatoms. The van der Waals surface area contributed by atoms with E-state index in [2.05, 4.69) is 22.0 Å². The molecule has 0 spiro atoms. The number of alkyl halides is 1. The fourth-order valence-electron chi connectivity index (χ4n) is 1.86. The zero-order valence-corrected chi connectivity index (χ0v) is 12.9. The van der Waals surface area contributed by atoms with E-state index in [4.69, 9.17) is 10.8 Å². The van der Waals surface area contributed by atoms with Crippen LogP contribution in [0.3, 0.4) is 0 Å². The summed E-state index contributed by atoms with van der Waals surface area (Å²) >= 11 is 3.39. The first kappa shape index (κ1) is 16.6. The summed E-state index contributed by atoms with van der Waals surface area (Å²) in [4.78, 5) is 30.6. The van der Waals surface area contributed by atoms with Crippen molar-refractivity contribution in [3.63, 3.8) is 0 Å². The van der Waals surface area contributed by atoms with Crippen LogP contribution < -0.4 is 5.73 Å². The maximum Gasteiger partial charge on any atom is 0.310 e. The molecule has 2 aliphatic carbocycles. The number of hydrogen-bond donors (Lipinski definition) is 2. The van der Waals surface area contributed by atoms with E-state index in [1.807, 2.05) is 12.2 Å². The number of amides is 1. The monoisotopic (exact) mass is 343 g/mol. The fourth-order valence-corrected chi connectivity index (χ4v) is 2.33. The number of Topliss-reactive ketones (excluding diaryl/α,β-unsaturated/α-hetero) is 1. The maximum absolute atomic E-state index is 11.2. The number of rotatable bonds is 4. The Bertz CT molecular complexity index is 468. The summed E-state index contributed by atoms with van der Waals surface area (Å²) < 4.78 is -0.625. The van der Waals surface area contributed by atoms with Gasteiger partial charge in [-0.3, -0.25) is 14.4 Å². The van der Waals surface area contributed by atoms with Crippen molar-refractivity contribution >= 4 is 33.6 Å². The number of nitrogens with two attached hydrogens (primary N) is 1. The molecule has 2 aliphatic rings. The molecule has 0 bridgehead atoms. The Hall–Kier alpha value is -1.43. The van der Waals surface area contributed by atoms with Gasteiger partial charge in [0.15, 0.2) is 0 Å². The van der Waals surface area contributed by atoms with Crippen molar-refractivity contribution < 1.29 is 19.5 Å². The van der Waals surface area contributed by atoms with Crippen molar-refractivity contribution in [2.45, 2.75) is 36.9 Å². The molecule has 0 aromatic carbocycles. The normalized spacial score (nSPS) is 24.2. The summed E-state index contributed by atoms with van der Waals surface area (Å²) in [5.41, 5.74) is 6.68. The van der Waals surface area contributed by atoms with Crippen LogP contribution in [0, 0.1) is 5.92 Å². The third-order valence-corrected chi connectivity index (χ3v) is 3.98. The van der Waals surface area contributed by atoms with E-state index in [1.165, 1.54) is 25.3 Å². The van der Waals surface area contributed by atoms with Gasteiger partial charge in [-0.15, -0.1) is 0 Å². The summed E-state index contributed by atoms with van der Waals surface area (Å²) in [5.74, 6) is -0.962. The van der Waals surface area contributed by atoms with Crippen molar-refractivity contribution in [1.29, 1.82) is 0 Å². The van der Waals surface area contributed by atoms with Crippen molar-refractivity contribution in [2.24, 2.45) is 11.7 Å². The van der Waals surface area contributed by atoms with Gasteiger partial charge in [-0.05, 0) is 32.1 Å². The molecule has 5 nitrogen and oxygen atoms in total. The molecule has 0 heterocycles. The van der Waals surface area contributed by atoms with Crippen molar-refractivity contribution in [1.82, 2.24) is 0 Å². The number of ketones is 1. The van der Waals surface area contributed by atoms with E-state index in [-0.39, 0.29) is 18.1 Å².